The molecule has 1 saturated heterocycles. The smallest absolute Gasteiger partial charge is 0.192 e. The fourth-order valence-electron chi connectivity index (χ4n) is 4.04. The second-order valence-corrected chi connectivity index (χ2v) is 8.22. The van der Waals surface area contributed by atoms with Gasteiger partial charge >= 0.3 is 0 Å². The van der Waals surface area contributed by atoms with Crippen LogP contribution in [0.3, 0.4) is 0 Å². The van der Waals surface area contributed by atoms with Crippen LogP contribution in [0.1, 0.15) is 19.7 Å². The zero-order valence-electron chi connectivity index (χ0n) is 17.4. The molecule has 7 nitrogen and oxygen atoms in total. The van der Waals surface area contributed by atoms with Crippen molar-refractivity contribution in [1.82, 2.24) is 20.3 Å². The van der Waals surface area contributed by atoms with Crippen molar-refractivity contribution in [3.8, 4) is 17.0 Å². The third-order valence-electron chi connectivity index (χ3n) is 5.75. The van der Waals surface area contributed by atoms with Crippen LogP contribution in [-0.4, -0.2) is 45.7 Å². The Labute approximate surface area is 174 Å². The Bertz CT molecular complexity index is 1230. The van der Waals surface area contributed by atoms with E-state index in [-0.39, 0.29) is 5.75 Å². The van der Waals surface area contributed by atoms with Crippen molar-refractivity contribution in [2.75, 3.05) is 24.5 Å². The molecule has 1 unspecified atom stereocenters. The van der Waals surface area contributed by atoms with Crippen molar-refractivity contribution in [2.45, 2.75) is 26.8 Å². The zero-order valence-corrected chi connectivity index (χ0v) is 17.4. The molecule has 0 radical (unpaired) electrons. The number of oxazole rings is 1. The Morgan fingerprint density at radius 3 is 2.70 bits per heavy atom. The van der Waals surface area contributed by atoms with Crippen LogP contribution in [-0.2, 0) is 0 Å². The minimum absolute atomic E-state index is 0.132. The topological polar surface area (TPSA) is 87.3 Å². The average molecular weight is 403 g/mol. The highest BCUT2D eigenvalue weighted by molar-refractivity contribution is 5.86. The second kappa shape index (κ2) is 7.25. The number of hydrogen-bond donors (Lipinski definition) is 2. The van der Waals surface area contributed by atoms with Gasteiger partial charge in [0, 0.05) is 44.2 Å². The van der Waals surface area contributed by atoms with Crippen LogP contribution in [0.2, 0.25) is 0 Å². The lowest BCUT2D eigenvalue weighted by Gasteiger charge is -2.36. The number of nitrogens with one attached hydrogen (secondary N) is 1. The van der Waals surface area contributed by atoms with Crippen molar-refractivity contribution < 1.29 is 9.52 Å². The Hall–Kier alpha value is -3.19. The molecule has 30 heavy (non-hydrogen) atoms. The molecular weight excluding hydrogens is 378 g/mol. The third kappa shape index (κ3) is 3.35. The number of phenols is 1. The van der Waals surface area contributed by atoms with Crippen LogP contribution in [0.4, 0.5) is 5.82 Å². The number of aryl methyl sites for hydroxylation is 1. The van der Waals surface area contributed by atoms with Gasteiger partial charge < -0.3 is 19.7 Å². The minimum Gasteiger partial charge on any atom is -0.507 e. The summed E-state index contributed by atoms with van der Waals surface area (Å²) in [7, 11) is 0. The van der Waals surface area contributed by atoms with E-state index in [9.17, 15) is 5.11 Å². The van der Waals surface area contributed by atoms with Gasteiger partial charge in [-0.15, -0.1) is 0 Å². The number of fused-ring (bicyclic) bond motifs is 2. The van der Waals surface area contributed by atoms with Gasteiger partial charge in [0.2, 0.25) is 0 Å². The maximum atomic E-state index is 10.5. The minimum atomic E-state index is 0.132. The van der Waals surface area contributed by atoms with E-state index in [4.69, 9.17) is 14.4 Å². The summed E-state index contributed by atoms with van der Waals surface area (Å²) in [6, 6.07) is 11.7. The molecule has 4 aromatic rings. The Morgan fingerprint density at radius 2 is 1.87 bits per heavy atom. The highest BCUT2D eigenvalue weighted by Gasteiger charge is 2.23. The number of rotatable bonds is 3. The van der Waals surface area contributed by atoms with Crippen LogP contribution in [0, 0.1) is 12.8 Å². The predicted molar refractivity (Wildman–Crippen MR) is 118 cm³/mol. The van der Waals surface area contributed by atoms with Crippen LogP contribution in [0.5, 0.6) is 5.75 Å². The Morgan fingerprint density at radius 1 is 1.07 bits per heavy atom. The first-order valence-electron chi connectivity index (χ1n) is 10.3. The van der Waals surface area contributed by atoms with Crippen molar-refractivity contribution in [3.63, 3.8) is 0 Å². The highest BCUT2D eigenvalue weighted by Crippen LogP contribution is 2.33. The molecule has 3 aromatic heterocycles. The molecule has 1 aliphatic heterocycles. The van der Waals surface area contributed by atoms with E-state index < -0.39 is 0 Å². The van der Waals surface area contributed by atoms with Gasteiger partial charge in [-0.05, 0) is 36.2 Å². The van der Waals surface area contributed by atoms with Gasteiger partial charge in [0.1, 0.15) is 17.1 Å². The summed E-state index contributed by atoms with van der Waals surface area (Å²) in [5.41, 5.74) is 4.19. The number of benzene rings is 1. The van der Waals surface area contributed by atoms with Crippen LogP contribution in [0.15, 0.2) is 40.8 Å². The molecule has 1 atom stereocenters. The first-order valence-corrected chi connectivity index (χ1v) is 10.3. The van der Waals surface area contributed by atoms with E-state index >= 15 is 0 Å². The van der Waals surface area contributed by atoms with Crippen LogP contribution in [0.25, 0.3) is 33.4 Å². The monoisotopic (exact) mass is 403 g/mol. The fourth-order valence-corrected chi connectivity index (χ4v) is 4.04. The number of hydrogen-bond acceptors (Lipinski definition) is 7. The number of aromatic nitrogens is 3. The van der Waals surface area contributed by atoms with E-state index in [1.54, 1.807) is 19.1 Å². The molecular formula is C23H25N5O2. The second-order valence-electron chi connectivity index (χ2n) is 8.22. The standard InChI is InChI=1S/C23H25N5O2/c1-13(2)20-12-28(9-8-24-20)23-7-6-17-18(27-23)5-4-16(26-17)15-10-22-19(11-21(15)29)25-14(3)30-22/h4-7,10-11,13,20,24,29H,8-9,12H2,1-3H3. The normalized spacial score (nSPS) is 17.3. The molecule has 4 heterocycles. The zero-order chi connectivity index (χ0) is 20.8. The summed E-state index contributed by atoms with van der Waals surface area (Å²) >= 11 is 0. The molecule has 2 N–H and O–H groups in total. The van der Waals surface area contributed by atoms with Crippen molar-refractivity contribution in [1.29, 1.82) is 0 Å². The molecule has 0 amide bonds. The molecule has 1 aliphatic rings. The van der Waals surface area contributed by atoms with Gasteiger partial charge in [-0.3, -0.25) is 0 Å². The number of nitrogens with zero attached hydrogens (tertiary/aromatic N) is 4. The summed E-state index contributed by atoms with van der Waals surface area (Å²) < 4.78 is 5.61. The van der Waals surface area contributed by atoms with Crippen LogP contribution >= 0.6 is 0 Å². The quantitative estimate of drug-likeness (QED) is 0.537. The predicted octanol–water partition coefficient (Wildman–Crippen LogP) is 3.89. The molecule has 5 rings (SSSR count). The van der Waals surface area contributed by atoms with Crippen LogP contribution < -0.4 is 10.2 Å². The fraction of sp³-hybridized carbons (Fsp3) is 0.348. The molecule has 0 spiro atoms. The summed E-state index contributed by atoms with van der Waals surface area (Å²) in [6.07, 6.45) is 0. The summed E-state index contributed by atoms with van der Waals surface area (Å²) in [6.45, 7) is 9.13. The van der Waals surface area contributed by atoms with E-state index in [0.717, 1.165) is 36.5 Å². The molecule has 0 bridgehead atoms. The van der Waals surface area contributed by atoms with E-state index in [2.05, 4.69) is 29.0 Å². The van der Waals surface area contributed by atoms with E-state index in [1.807, 2.05) is 24.3 Å². The maximum Gasteiger partial charge on any atom is 0.192 e. The number of aromatic hydroxyl groups is 1. The molecule has 7 heteroatoms. The maximum absolute atomic E-state index is 10.5. The summed E-state index contributed by atoms with van der Waals surface area (Å²) in [5.74, 6) is 2.26. The van der Waals surface area contributed by atoms with Gasteiger partial charge in [0.15, 0.2) is 11.5 Å². The molecule has 0 saturated carbocycles. The first kappa shape index (κ1) is 18.8. The molecule has 1 aromatic carbocycles. The van der Waals surface area contributed by atoms with E-state index in [0.29, 0.717) is 40.2 Å². The summed E-state index contributed by atoms with van der Waals surface area (Å²) in [5, 5.41) is 14.1. The number of anilines is 1. The molecule has 0 aliphatic carbocycles. The highest BCUT2D eigenvalue weighted by atomic mass is 16.3. The Balaban J connectivity index is 1.48. The van der Waals surface area contributed by atoms with Crippen molar-refractivity contribution in [2.24, 2.45) is 5.92 Å². The third-order valence-corrected chi connectivity index (χ3v) is 5.75. The number of piperazine rings is 1. The molecule has 1 fully saturated rings. The van der Waals surface area contributed by atoms with Gasteiger partial charge in [-0.2, -0.15) is 0 Å². The lowest BCUT2D eigenvalue weighted by atomic mass is 10.0. The van der Waals surface area contributed by atoms with Gasteiger partial charge in [-0.1, -0.05) is 13.8 Å². The SMILES string of the molecule is Cc1nc2cc(O)c(-c3ccc4nc(N5CCNC(C(C)C)C5)ccc4n3)cc2o1. The largest absolute Gasteiger partial charge is 0.507 e. The first-order chi connectivity index (χ1) is 14.5. The van der Waals surface area contributed by atoms with E-state index in [1.165, 1.54) is 0 Å². The number of phenolic OH excluding ortho intramolecular Hbond substituents is 1. The lowest BCUT2D eigenvalue weighted by molar-refractivity contribution is 0.367. The van der Waals surface area contributed by atoms with Crippen molar-refractivity contribution >= 4 is 28.0 Å². The van der Waals surface area contributed by atoms with Gasteiger partial charge in [0.25, 0.3) is 0 Å². The average Bonchev–Trinajstić information content (AvgIpc) is 3.11. The number of pyridine rings is 2. The summed E-state index contributed by atoms with van der Waals surface area (Å²) in [4.78, 5) is 16.2. The van der Waals surface area contributed by atoms with Gasteiger partial charge in [-0.25, -0.2) is 15.0 Å². The molecule has 154 valence electrons. The lowest BCUT2D eigenvalue weighted by Crippen LogP contribution is -2.53. The van der Waals surface area contributed by atoms with Crippen molar-refractivity contribution in [3.05, 3.63) is 42.3 Å². The van der Waals surface area contributed by atoms with Gasteiger partial charge in [0.05, 0.1) is 16.7 Å². The Kier molecular flexibility index (Phi) is 4.55.